The van der Waals surface area contributed by atoms with E-state index in [1.54, 1.807) is 0 Å². The summed E-state index contributed by atoms with van der Waals surface area (Å²) in [6.45, 7) is 5.79. The third-order valence-corrected chi connectivity index (χ3v) is 5.48. The summed E-state index contributed by atoms with van der Waals surface area (Å²) in [6, 6.07) is 0. The van der Waals surface area contributed by atoms with Crippen LogP contribution in [0.25, 0.3) is 0 Å². The van der Waals surface area contributed by atoms with E-state index in [0.717, 1.165) is 24.4 Å². The maximum atomic E-state index is 9.70. The Morgan fingerprint density at radius 3 is 2.89 bits per heavy atom. The highest BCUT2D eigenvalue weighted by atomic mass is 16.5. The van der Waals surface area contributed by atoms with Gasteiger partial charge in [-0.2, -0.15) is 0 Å². The summed E-state index contributed by atoms with van der Waals surface area (Å²) >= 11 is 0. The summed E-state index contributed by atoms with van der Waals surface area (Å²) in [5.74, 6) is 3.99. The Bertz CT molecular complexity index is 352. The van der Waals surface area contributed by atoms with Crippen LogP contribution in [0.4, 0.5) is 0 Å². The molecule has 0 aromatic rings. The van der Waals surface area contributed by atoms with Crippen LogP contribution in [0.15, 0.2) is 25.0 Å². The van der Waals surface area contributed by atoms with Crippen molar-refractivity contribution < 1.29 is 14.6 Å². The molecule has 6 unspecified atom stereocenters. The van der Waals surface area contributed by atoms with Crippen molar-refractivity contribution in [2.75, 3.05) is 26.4 Å². The van der Waals surface area contributed by atoms with Crippen LogP contribution in [-0.4, -0.2) is 31.5 Å². The minimum atomic E-state index is 0.315. The summed E-state index contributed by atoms with van der Waals surface area (Å²) in [5.41, 5.74) is 0. The molecule has 0 amide bonds. The highest BCUT2D eigenvalue weighted by molar-refractivity contribution is 5.16. The van der Waals surface area contributed by atoms with Crippen LogP contribution >= 0.6 is 0 Å². The topological polar surface area (TPSA) is 38.7 Å². The Balaban J connectivity index is 1.55. The smallest absolute Gasteiger partial charge is 0.111 e. The van der Waals surface area contributed by atoms with Crippen molar-refractivity contribution in [2.24, 2.45) is 35.5 Å². The van der Waals surface area contributed by atoms with Gasteiger partial charge in [0, 0.05) is 6.61 Å². The van der Waals surface area contributed by atoms with Crippen molar-refractivity contribution in [3.8, 4) is 0 Å². The van der Waals surface area contributed by atoms with Crippen LogP contribution in [0.1, 0.15) is 12.8 Å². The number of aliphatic hydroxyl groups is 1. The van der Waals surface area contributed by atoms with Crippen molar-refractivity contribution in [3.63, 3.8) is 0 Å². The molecule has 19 heavy (non-hydrogen) atoms. The second kappa shape index (κ2) is 5.68. The fourth-order valence-electron chi connectivity index (χ4n) is 4.77. The zero-order valence-electron chi connectivity index (χ0n) is 11.4. The van der Waals surface area contributed by atoms with Gasteiger partial charge in [0.1, 0.15) is 6.61 Å². The summed E-state index contributed by atoms with van der Waals surface area (Å²) < 4.78 is 10.8. The van der Waals surface area contributed by atoms with Gasteiger partial charge in [0.25, 0.3) is 0 Å². The van der Waals surface area contributed by atoms with E-state index in [4.69, 9.17) is 9.47 Å². The molecule has 0 spiro atoms. The van der Waals surface area contributed by atoms with E-state index in [1.807, 2.05) is 0 Å². The highest BCUT2D eigenvalue weighted by Crippen LogP contribution is 2.61. The van der Waals surface area contributed by atoms with E-state index < -0.39 is 0 Å². The van der Waals surface area contributed by atoms with Crippen LogP contribution in [0.3, 0.4) is 0 Å². The van der Waals surface area contributed by atoms with Crippen LogP contribution in [0, 0.1) is 35.5 Å². The van der Waals surface area contributed by atoms with Crippen LogP contribution < -0.4 is 0 Å². The molecule has 0 saturated heterocycles. The van der Waals surface area contributed by atoms with Crippen molar-refractivity contribution in [3.05, 3.63) is 25.0 Å². The average Bonchev–Trinajstić information content (AvgIpc) is 3.09. The summed E-state index contributed by atoms with van der Waals surface area (Å²) in [7, 11) is 0. The molecule has 0 aromatic carbocycles. The fraction of sp³-hybridized carbons (Fsp3) is 0.750. The van der Waals surface area contributed by atoms with Gasteiger partial charge in [-0.15, -0.1) is 0 Å². The molecule has 0 aliphatic heterocycles. The van der Waals surface area contributed by atoms with Gasteiger partial charge in [0.05, 0.1) is 19.5 Å². The van der Waals surface area contributed by atoms with Gasteiger partial charge in [-0.3, -0.25) is 0 Å². The van der Waals surface area contributed by atoms with Gasteiger partial charge in [-0.25, -0.2) is 0 Å². The molecule has 106 valence electrons. The molecule has 2 saturated carbocycles. The van der Waals surface area contributed by atoms with Crippen molar-refractivity contribution >= 4 is 0 Å². The lowest BCUT2D eigenvalue weighted by Gasteiger charge is -2.37. The number of fused-ring (bicyclic) bond motifs is 5. The van der Waals surface area contributed by atoms with Crippen LogP contribution in [-0.2, 0) is 9.47 Å². The predicted molar refractivity (Wildman–Crippen MR) is 73.4 cm³/mol. The number of aliphatic hydroxyl groups excluding tert-OH is 1. The number of allylic oxidation sites excluding steroid dienone is 2. The molecule has 0 aromatic heterocycles. The molecule has 3 heteroatoms. The largest absolute Gasteiger partial charge is 0.499 e. The molecular weight excluding hydrogens is 240 g/mol. The molecular formula is C16H24O3. The van der Waals surface area contributed by atoms with Gasteiger partial charge in [-0.05, 0) is 48.3 Å². The molecule has 3 nitrogen and oxygen atoms in total. The quantitative estimate of drug-likeness (QED) is 0.435. The second-order valence-electron chi connectivity index (χ2n) is 6.09. The Morgan fingerprint density at radius 2 is 2.11 bits per heavy atom. The minimum absolute atomic E-state index is 0.315. The number of hydrogen-bond donors (Lipinski definition) is 1. The molecule has 3 aliphatic rings. The summed E-state index contributed by atoms with van der Waals surface area (Å²) in [5, 5.41) is 9.70. The van der Waals surface area contributed by atoms with Crippen molar-refractivity contribution in [1.29, 1.82) is 0 Å². The molecule has 6 atom stereocenters. The second-order valence-corrected chi connectivity index (χ2v) is 6.09. The van der Waals surface area contributed by atoms with Gasteiger partial charge >= 0.3 is 0 Å². The van der Waals surface area contributed by atoms with Gasteiger partial charge in [-0.1, -0.05) is 18.7 Å². The minimum Gasteiger partial charge on any atom is -0.499 e. The van der Waals surface area contributed by atoms with E-state index in [1.165, 1.54) is 19.1 Å². The van der Waals surface area contributed by atoms with Crippen LogP contribution in [0.2, 0.25) is 0 Å². The van der Waals surface area contributed by atoms with E-state index >= 15 is 0 Å². The monoisotopic (exact) mass is 264 g/mol. The predicted octanol–water partition coefficient (Wildman–Crippen LogP) is 2.23. The Morgan fingerprint density at radius 1 is 1.21 bits per heavy atom. The lowest BCUT2D eigenvalue weighted by molar-refractivity contribution is -0.00346. The average molecular weight is 264 g/mol. The maximum Gasteiger partial charge on any atom is 0.111 e. The van der Waals surface area contributed by atoms with Crippen LogP contribution in [0.5, 0.6) is 0 Å². The first-order valence-electron chi connectivity index (χ1n) is 7.44. The SMILES string of the molecule is C=COCCOCC1C(CO)C2CC1C1CC=CC21. The number of rotatable bonds is 7. The van der Waals surface area contributed by atoms with Gasteiger partial charge in [0.2, 0.25) is 0 Å². The van der Waals surface area contributed by atoms with Crippen molar-refractivity contribution in [1.82, 2.24) is 0 Å². The standard InChI is InChI=1S/C16H24O3/c1-2-18-6-7-19-10-16-14-8-13(15(16)9-17)11-4-3-5-12(11)14/h2-4,11-17H,1,5-10H2. The zero-order chi connectivity index (χ0) is 13.2. The molecule has 2 fully saturated rings. The molecule has 3 rings (SSSR count). The number of ether oxygens (including phenoxy) is 2. The molecule has 1 N–H and O–H groups in total. The van der Waals surface area contributed by atoms with E-state index in [9.17, 15) is 5.11 Å². The highest BCUT2D eigenvalue weighted by Gasteiger charge is 2.57. The molecule has 3 aliphatic carbocycles. The first-order valence-corrected chi connectivity index (χ1v) is 7.44. The number of hydrogen-bond acceptors (Lipinski definition) is 3. The molecule has 0 heterocycles. The Kier molecular flexibility index (Phi) is 3.94. The molecule has 0 radical (unpaired) electrons. The molecule has 2 bridgehead atoms. The first-order chi connectivity index (χ1) is 9.36. The van der Waals surface area contributed by atoms with E-state index in [-0.39, 0.29) is 0 Å². The normalized spacial score (nSPS) is 42.6. The third-order valence-electron chi connectivity index (χ3n) is 5.48. The van der Waals surface area contributed by atoms with Gasteiger partial charge in [0.15, 0.2) is 0 Å². The third kappa shape index (κ3) is 2.23. The Labute approximate surface area is 115 Å². The first kappa shape index (κ1) is 13.2. The lowest BCUT2D eigenvalue weighted by Crippen LogP contribution is -2.37. The van der Waals surface area contributed by atoms with Crippen molar-refractivity contribution in [2.45, 2.75) is 12.8 Å². The summed E-state index contributed by atoms with van der Waals surface area (Å²) in [4.78, 5) is 0. The van der Waals surface area contributed by atoms with E-state index in [2.05, 4.69) is 18.7 Å². The fourth-order valence-corrected chi connectivity index (χ4v) is 4.77. The van der Waals surface area contributed by atoms with E-state index in [0.29, 0.717) is 37.6 Å². The lowest BCUT2D eigenvalue weighted by atomic mass is 9.70. The van der Waals surface area contributed by atoms with Gasteiger partial charge < -0.3 is 14.6 Å². The maximum absolute atomic E-state index is 9.70. The Hall–Kier alpha value is -0.800. The zero-order valence-corrected chi connectivity index (χ0v) is 11.4. The summed E-state index contributed by atoms with van der Waals surface area (Å²) in [6.07, 6.45) is 8.71.